The molecule has 0 unspecified atom stereocenters. The van der Waals surface area contributed by atoms with Crippen LogP contribution in [0, 0.1) is 18.2 Å². The van der Waals surface area contributed by atoms with Gasteiger partial charge in [0.05, 0.1) is 30.5 Å². The Morgan fingerprint density at radius 3 is 2.57 bits per heavy atom. The van der Waals surface area contributed by atoms with Gasteiger partial charge < -0.3 is 25.4 Å². The van der Waals surface area contributed by atoms with Crippen LogP contribution in [-0.4, -0.2) is 88.3 Å². The van der Waals surface area contributed by atoms with Crippen molar-refractivity contribution < 1.29 is 35.8 Å². The van der Waals surface area contributed by atoms with Crippen LogP contribution in [0.2, 0.25) is 0 Å². The number of halogens is 6. The molecule has 10 nitrogen and oxygen atoms in total. The number of nitrogens with two attached hydrogens (primary N) is 1. The van der Waals surface area contributed by atoms with Gasteiger partial charge in [0.25, 0.3) is 5.92 Å². The third-order valence-electron chi connectivity index (χ3n) is 9.78. The molecule has 2 saturated heterocycles. The van der Waals surface area contributed by atoms with Crippen LogP contribution in [0.4, 0.5) is 38.0 Å². The van der Waals surface area contributed by atoms with Crippen LogP contribution in [0.5, 0.6) is 11.9 Å². The van der Waals surface area contributed by atoms with E-state index in [1.807, 2.05) is 18.7 Å². The lowest BCUT2D eigenvalue weighted by atomic mass is 10.0. The first-order valence-corrected chi connectivity index (χ1v) is 15.8. The number of ether oxygens (including phenoxy) is 2. The molecule has 7 rings (SSSR count). The van der Waals surface area contributed by atoms with E-state index in [9.17, 15) is 22.0 Å². The average molecular weight is 667 g/mol. The Morgan fingerprint density at radius 2 is 1.91 bits per heavy atom. The molecule has 6 heterocycles. The first kappa shape index (κ1) is 31.9. The lowest BCUT2D eigenvalue weighted by Gasteiger charge is -2.42. The molecule has 3 aliphatic heterocycles. The summed E-state index contributed by atoms with van der Waals surface area (Å²) in [5.41, 5.74) is 2.32. The number of rotatable bonds is 7. The normalized spacial score (nSPS) is 25.0. The van der Waals surface area contributed by atoms with Gasteiger partial charge in [-0.25, -0.2) is 23.1 Å². The van der Waals surface area contributed by atoms with Gasteiger partial charge in [-0.1, -0.05) is 6.92 Å². The number of alkyl halides is 5. The number of aromatic nitrogens is 4. The summed E-state index contributed by atoms with van der Waals surface area (Å²) in [6, 6.07) is 0.573. The number of hydrogen-bond donors (Lipinski definition) is 2. The summed E-state index contributed by atoms with van der Waals surface area (Å²) in [6.07, 6.45) is -3.29. The van der Waals surface area contributed by atoms with Gasteiger partial charge >= 0.3 is 12.2 Å². The minimum Gasteiger partial charge on any atom is -0.472 e. The van der Waals surface area contributed by atoms with E-state index in [-0.39, 0.29) is 72.2 Å². The molecule has 0 spiro atoms. The molecule has 0 amide bonds. The highest BCUT2D eigenvalue weighted by molar-refractivity contribution is 5.97. The van der Waals surface area contributed by atoms with Crippen molar-refractivity contribution in [1.29, 1.82) is 0 Å². The predicted octanol–water partition coefficient (Wildman–Crippen LogP) is 4.97. The molecule has 3 N–H and O–H groups in total. The number of piperazine rings is 1. The van der Waals surface area contributed by atoms with Gasteiger partial charge in [-0.15, -0.1) is 0 Å². The maximum absolute atomic E-state index is 16.7. The maximum atomic E-state index is 16.7. The van der Waals surface area contributed by atoms with Crippen LogP contribution in [0.1, 0.15) is 50.8 Å². The van der Waals surface area contributed by atoms with Crippen molar-refractivity contribution in [3.05, 3.63) is 23.1 Å². The summed E-state index contributed by atoms with van der Waals surface area (Å²) >= 11 is 0. The Bertz CT molecular complexity index is 1720. The first-order chi connectivity index (χ1) is 22.2. The van der Waals surface area contributed by atoms with Crippen molar-refractivity contribution in [3.63, 3.8) is 0 Å². The Balaban J connectivity index is 1.35. The number of aryl methyl sites for hydroxylation is 1. The highest BCUT2D eigenvalue weighted by atomic mass is 19.4. The third-order valence-corrected chi connectivity index (χ3v) is 9.78. The van der Waals surface area contributed by atoms with Crippen molar-refractivity contribution in [3.8, 4) is 23.1 Å². The van der Waals surface area contributed by atoms with Crippen molar-refractivity contribution in [1.82, 2.24) is 30.2 Å². The fourth-order valence-electron chi connectivity index (χ4n) is 7.07. The van der Waals surface area contributed by atoms with E-state index in [0.717, 1.165) is 32.3 Å². The van der Waals surface area contributed by atoms with E-state index in [0.29, 0.717) is 25.5 Å². The Kier molecular flexibility index (Phi) is 7.61. The summed E-state index contributed by atoms with van der Waals surface area (Å²) < 4.78 is 99.8. The maximum Gasteiger partial charge on any atom is 0.418 e. The zero-order chi connectivity index (χ0) is 33.5. The van der Waals surface area contributed by atoms with E-state index in [1.165, 1.54) is 0 Å². The van der Waals surface area contributed by atoms with Crippen LogP contribution >= 0.6 is 0 Å². The molecule has 3 aromatic heterocycles. The molecule has 3 aromatic rings. The number of nitrogens with one attached hydrogen (secondary N) is 1. The second-order valence-corrected chi connectivity index (χ2v) is 13.3. The van der Waals surface area contributed by atoms with E-state index in [1.54, 1.807) is 4.90 Å². The highest BCUT2D eigenvalue weighted by Crippen LogP contribution is 2.49. The molecule has 0 bridgehead atoms. The number of pyridine rings is 2. The topological polar surface area (TPSA) is 115 Å². The zero-order valence-corrected chi connectivity index (χ0v) is 26.2. The van der Waals surface area contributed by atoms with E-state index >= 15 is 4.39 Å². The standard InChI is InChI=1S/C31H36F6N8O2/c1-4-17-11-45-19(10-39-17)16(3)47-27-21-25(23(32)24(41-27)18-9-20(38)40-15(2)22(18)31(35,36)37)42-28(43-26(21)45)46-14-29(5-6-29)12-44-8-7-30(33,34)13-44/h9,16-17,19,39H,4-8,10-14H2,1-3H3,(H2,38,40)/t16-,17+,19-/m0/s1. The van der Waals surface area contributed by atoms with Crippen LogP contribution in [0.15, 0.2) is 6.07 Å². The first-order valence-electron chi connectivity index (χ1n) is 15.8. The van der Waals surface area contributed by atoms with Crippen molar-refractivity contribution in [2.24, 2.45) is 5.41 Å². The Hall–Kier alpha value is -3.66. The number of anilines is 2. The fraction of sp³-hybridized carbons (Fsp3) is 0.613. The molecule has 254 valence electrons. The minimum absolute atomic E-state index is 0.0805. The molecule has 1 aliphatic carbocycles. The molecule has 3 atom stereocenters. The largest absolute Gasteiger partial charge is 0.472 e. The van der Waals surface area contributed by atoms with Crippen LogP contribution in [-0.2, 0) is 6.18 Å². The summed E-state index contributed by atoms with van der Waals surface area (Å²) in [6.45, 7) is 6.50. The number of hydrogen-bond acceptors (Lipinski definition) is 10. The van der Waals surface area contributed by atoms with Crippen molar-refractivity contribution in [2.45, 2.75) is 76.7 Å². The van der Waals surface area contributed by atoms with Crippen LogP contribution in [0.3, 0.4) is 0 Å². The zero-order valence-electron chi connectivity index (χ0n) is 26.2. The molecule has 3 fully saturated rings. The van der Waals surface area contributed by atoms with Crippen molar-refractivity contribution >= 4 is 22.5 Å². The number of nitrogen functional groups attached to an aromatic ring is 1. The highest BCUT2D eigenvalue weighted by Gasteiger charge is 2.49. The summed E-state index contributed by atoms with van der Waals surface area (Å²) in [5, 5.41) is 3.61. The van der Waals surface area contributed by atoms with Gasteiger partial charge in [0.1, 0.15) is 34.3 Å². The van der Waals surface area contributed by atoms with Gasteiger partial charge in [-0.2, -0.15) is 23.1 Å². The summed E-state index contributed by atoms with van der Waals surface area (Å²) in [5.74, 6) is -3.89. The second-order valence-electron chi connectivity index (χ2n) is 13.3. The van der Waals surface area contributed by atoms with Gasteiger partial charge in [0, 0.05) is 49.6 Å². The minimum atomic E-state index is -4.89. The Labute approximate surface area is 267 Å². The van der Waals surface area contributed by atoms with Gasteiger partial charge in [-0.3, -0.25) is 4.90 Å². The Morgan fingerprint density at radius 1 is 1.15 bits per heavy atom. The fourth-order valence-corrected chi connectivity index (χ4v) is 7.07. The van der Waals surface area contributed by atoms with E-state index in [2.05, 4.69) is 20.3 Å². The third kappa shape index (κ3) is 5.87. The van der Waals surface area contributed by atoms with Gasteiger partial charge in [0.15, 0.2) is 5.82 Å². The number of fused-ring (bicyclic) bond motifs is 2. The van der Waals surface area contributed by atoms with E-state index < -0.39 is 46.5 Å². The molecule has 4 aliphatic rings. The summed E-state index contributed by atoms with van der Waals surface area (Å²) in [4.78, 5) is 21.0. The second kappa shape index (κ2) is 11.2. The number of nitrogens with zero attached hydrogens (tertiary/aromatic N) is 6. The molecule has 0 radical (unpaired) electrons. The summed E-state index contributed by atoms with van der Waals surface area (Å²) in [7, 11) is 0. The number of likely N-dealkylation sites (tertiary alicyclic amines) is 1. The smallest absolute Gasteiger partial charge is 0.418 e. The van der Waals surface area contributed by atoms with Gasteiger partial charge in [0.2, 0.25) is 5.88 Å². The average Bonchev–Trinajstić information content (AvgIpc) is 3.70. The molecule has 16 heteroatoms. The quantitative estimate of drug-likeness (QED) is 0.335. The molecule has 47 heavy (non-hydrogen) atoms. The lowest BCUT2D eigenvalue weighted by molar-refractivity contribution is -0.137. The molecular formula is C31H36F6N8O2. The monoisotopic (exact) mass is 666 g/mol. The molecular weight excluding hydrogens is 630 g/mol. The molecule has 1 saturated carbocycles. The van der Waals surface area contributed by atoms with Crippen LogP contribution < -0.4 is 25.4 Å². The lowest BCUT2D eigenvalue weighted by Crippen LogP contribution is -2.60. The van der Waals surface area contributed by atoms with E-state index in [4.69, 9.17) is 20.2 Å². The van der Waals surface area contributed by atoms with Crippen molar-refractivity contribution in [2.75, 3.05) is 50.0 Å². The van der Waals surface area contributed by atoms with Gasteiger partial charge in [-0.05, 0) is 39.2 Å². The SMILES string of the molecule is CC[C@@H]1CN2c3nc(OCC4(CN5CCC(F)(F)C5)CC4)nc4c(F)c(-c5cc(N)nc(C)c5C(F)(F)F)nc(c34)O[C@@H](C)[C@@H]2CN1. The van der Waals surface area contributed by atoms with Crippen LogP contribution in [0.25, 0.3) is 22.2 Å². The molecule has 0 aromatic carbocycles. The predicted molar refractivity (Wildman–Crippen MR) is 161 cm³/mol.